The van der Waals surface area contributed by atoms with E-state index in [9.17, 15) is 0 Å². The average molecular weight is 253 g/mol. The monoisotopic (exact) mass is 253 g/mol. The molecule has 5 nitrogen and oxygen atoms in total. The molecule has 3 aromatic heterocycles. The van der Waals surface area contributed by atoms with Crippen LogP contribution in [-0.4, -0.2) is 19.6 Å². The Kier molecular flexibility index (Phi) is 3.20. The Morgan fingerprint density at radius 3 is 2.84 bits per heavy atom. The number of hydrogen-bond acceptors (Lipinski definition) is 4. The molecule has 0 amide bonds. The fraction of sp³-hybridized carbons (Fsp3) is 0.214. The largest absolute Gasteiger partial charge is 0.302 e. The Hall–Kier alpha value is -2.27. The summed E-state index contributed by atoms with van der Waals surface area (Å²) in [5.74, 6) is 0.797. The van der Waals surface area contributed by atoms with E-state index in [4.69, 9.17) is 0 Å². The minimum Gasteiger partial charge on any atom is -0.302 e. The standard InChI is InChI=1S/C14H15N5/c1-11(14-15-6-4-7-16-14)17-10-12-9-13-5-2-3-8-19(13)18-12/h2-9,11,17H,10H2,1H3. The fourth-order valence-electron chi connectivity index (χ4n) is 1.96. The van der Waals surface area contributed by atoms with Crippen LogP contribution in [-0.2, 0) is 6.54 Å². The highest BCUT2D eigenvalue weighted by Gasteiger charge is 2.08. The first-order valence-corrected chi connectivity index (χ1v) is 6.26. The quantitative estimate of drug-likeness (QED) is 0.772. The highest BCUT2D eigenvalue weighted by molar-refractivity contribution is 5.46. The number of rotatable bonds is 4. The molecule has 0 aromatic carbocycles. The van der Waals surface area contributed by atoms with Crippen molar-refractivity contribution in [2.75, 3.05) is 0 Å². The molecule has 0 fully saturated rings. The molecule has 0 spiro atoms. The van der Waals surface area contributed by atoms with E-state index in [1.165, 1.54) is 0 Å². The van der Waals surface area contributed by atoms with Gasteiger partial charge >= 0.3 is 0 Å². The van der Waals surface area contributed by atoms with Crippen LogP contribution in [0.1, 0.15) is 24.5 Å². The van der Waals surface area contributed by atoms with Crippen molar-refractivity contribution in [1.82, 2.24) is 24.9 Å². The van der Waals surface area contributed by atoms with Crippen molar-refractivity contribution in [3.05, 3.63) is 60.4 Å². The number of hydrogen-bond donors (Lipinski definition) is 1. The molecule has 0 bridgehead atoms. The van der Waals surface area contributed by atoms with E-state index in [1.54, 1.807) is 12.4 Å². The third kappa shape index (κ3) is 2.61. The van der Waals surface area contributed by atoms with Gasteiger partial charge in [-0.25, -0.2) is 14.5 Å². The van der Waals surface area contributed by atoms with Crippen LogP contribution in [0.4, 0.5) is 0 Å². The Balaban J connectivity index is 1.69. The molecule has 0 aliphatic heterocycles. The van der Waals surface area contributed by atoms with Gasteiger partial charge in [0.1, 0.15) is 5.82 Å². The molecule has 0 saturated heterocycles. The summed E-state index contributed by atoms with van der Waals surface area (Å²) < 4.78 is 1.88. The van der Waals surface area contributed by atoms with Crippen LogP contribution in [0.15, 0.2) is 48.9 Å². The third-order valence-corrected chi connectivity index (χ3v) is 2.98. The Morgan fingerprint density at radius 2 is 2.05 bits per heavy atom. The molecule has 3 heterocycles. The van der Waals surface area contributed by atoms with E-state index >= 15 is 0 Å². The number of fused-ring (bicyclic) bond motifs is 1. The normalized spacial score (nSPS) is 12.7. The molecule has 0 saturated carbocycles. The van der Waals surface area contributed by atoms with Gasteiger partial charge in [-0.3, -0.25) is 0 Å². The minimum absolute atomic E-state index is 0.103. The van der Waals surface area contributed by atoms with Crippen LogP contribution in [0.3, 0.4) is 0 Å². The average Bonchev–Trinajstić information content (AvgIpc) is 2.88. The van der Waals surface area contributed by atoms with Gasteiger partial charge in [-0.1, -0.05) is 6.07 Å². The maximum absolute atomic E-state index is 4.49. The van der Waals surface area contributed by atoms with Crippen molar-refractivity contribution in [2.24, 2.45) is 0 Å². The lowest BCUT2D eigenvalue weighted by Crippen LogP contribution is -2.20. The predicted octanol–water partition coefficient (Wildman–Crippen LogP) is 1.98. The number of pyridine rings is 1. The van der Waals surface area contributed by atoms with Crippen molar-refractivity contribution in [2.45, 2.75) is 19.5 Å². The summed E-state index contributed by atoms with van der Waals surface area (Å²) in [4.78, 5) is 8.47. The van der Waals surface area contributed by atoms with Crippen molar-refractivity contribution < 1.29 is 0 Å². The molecule has 0 aliphatic carbocycles. The molecule has 0 radical (unpaired) electrons. The van der Waals surface area contributed by atoms with Crippen LogP contribution in [0.2, 0.25) is 0 Å². The molecule has 5 heteroatoms. The molecule has 1 N–H and O–H groups in total. The molecular weight excluding hydrogens is 238 g/mol. The topological polar surface area (TPSA) is 55.1 Å². The van der Waals surface area contributed by atoms with Crippen molar-refractivity contribution in [3.63, 3.8) is 0 Å². The van der Waals surface area contributed by atoms with E-state index in [1.807, 2.05) is 41.9 Å². The van der Waals surface area contributed by atoms with E-state index in [2.05, 4.69) is 26.4 Å². The summed E-state index contributed by atoms with van der Waals surface area (Å²) in [6, 6.07) is 10.0. The van der Waals surface area contributed by atoms with E-state index in [0.29, 0.717) is 6.54 Å². The zero-order valence-electron chi connectivity index (χ0n) is 10.7. The highest BCUT2D eigenvalue weighted by atomic mass is 15.2. The predicted molar refractivity (Wildman–Crippen MR) is 72.5 cm³/mol. The SMILES string of the molecule is CC(NCc1cc2ccccn2n1)c1ncccn1. The smallest absolute Gasteiger partial charge is 0.144 e. The molecule has 0 aliphatic rings. The summed E-state index contributed by atoms with van der Waals surface area (Å²) in [6.45, 7) is 2.74. The van der Waals surface area contributed by atoms with Gasteiger partial charge in [-0.15, -0.1) is 0 Å². The van der Waals surface area contributed by atoms with Crippen LogP contribution >= 0.6 is 0 Å². The summed E-state index contributed by atoms with van der Waals surface area (Å²) >= 11 is 0. The zero-order valence-corrected chi connectivity index (χ0v) is 10.7. The van der Waals surface area contributed by atoms with Crippen molar-refractivity contribution in [3.8, 4) is 0 Å². The molecule has 1 atom stereocenters. The molecule has 3 rings (SSSR count). The third-order valence-electron chi connectivity index (χ3n) is 2.98. The van der Waals surface area contributed by atoms with Gasteiger partial charge in [-0.2, -0.15) is 5.10 Å². The maximum Gasteiger partial charge on any atom is 0.144 e. The lowest BCUT2D eigenvalue weighted by Gasteiger charge is -2.10. The lowest BCUT2D eigenvalue weighted by molar-refractivity contribution is 0.538. The van der Waals surface area contributed by atoms with Crippen LogP contribution in [0.25, 0.3) is 5.52 Å². The zero-order chi connectivity index (χ0) is 13.1. The maximum atomic E-state index is 4.49. The summed E-state index contributed by atoms with van der Waals surface area (Å²) in [5.41, 5.74) is 2.11. The second-order valence-electron chi connectivity index (χ2n) is 4.42. The van der Waals surface area contributed by atoms with Gasteiger partial charge < -0.3 is 5.32 Å². The van der Waals surface area contributed by atoms with Crippen LogP contribution in [0.5, 0.6) is 0 Å². The van der Waals surface area contributed by atoms with Gasteiger partial charge in [-0.05, 0) is 31.2 Å². The Morgan fingerprint density at radius 1 is 1.21 bits per heavy atom. The van der Waals surface area contributed by atoms with Gasteiger partial charge in [0.2, 0.25) is 0 Å². The number of nitrogens with zero attached hydrogens (tertiary/aromatic N) is 4. The van der Waals surface area contributed by atoms with E-state index in [-0.39, 0.29) is 6.04 Å². The summed E-state index contributed by atoms with van der Waals surface area (Å²) in [6.07, 6.45) is 5.46. The number of aromatic nitrogens is 4. The molecular formula is C14H15N5. The summed E-state index contributed by atoms with van der Waals surface area (Å²) in [5, 5.41) is 7.87. The van der Waals surface area contributed by atoms with E-state index < -0.39 is 0 Å². The van der Waals surface area contributed by atoms with Gasteiger partial charge in [0.25, 0.3) is 0 Å². The van der Waals surface area contributed by atoms with Crippen LogP contribution in [0, 0.1) is 0 Å². The first-order chi connectivity index (χ1) is 9.33. The Labute approximate surface area is 111 Å². The number of nitrogens with one attached hydrogen (secondary N) is 1. The lowest BCUT2D eigenvalue weighted by atomic mass is 10.3. The first kappa shape index (κ1) is 11.8. The molecule has 19 heavy (non-hydrogen) atoms. The second kappa shape index (κ2) is 5.16. The Bertz CT molecular complexity index is 629. The van der Waals surface area contributed by atoms with Crippen molar-refractivity contribution >= 4 is 5.52 Å². The van der Waals surface area contributed by atoms with E-state index in [0.717, 1.165) is 17.0 Å². The fourth-order valence-corrected chi connectivity index (χ4v) is 1.96. The van der Waals surface area contributed by atoms with Gasteiger partial charge in [0.15, 0.2) is 0 Å². The molecule has 96 valence electrons. The summed E-state index contributed by atoms with van der Waals surface area (Å²) in [7, 11) is 0. The minimum atomic E-state index is 0.103. The second-order valence-corrected chi connectivity index (χ2v) is 4.42. The molecule has 3 aromatic rings. The molecule has 1 unspecified atom stereocenters. The van der Waals surface area contributed by atoms with Gasteiger partial charge in [0, 0.05) is 25.1 Å². The first-order valence-electron chi connectivity index (χ1n) is 6.26. The highest BCUT2D eigenvalue weighted by Crippen LogP contribution is 2.09. The van der Waals surface area contributed by atoms with Gasteiger partial charge in [0.05, 0.1) is 17.3 Å². The van der Waals surface area contributed by atoms with Crippen molar-refractivity contribution in [1.29, 1.82) is 0 Å². The van der Waals surface area contributed by atoms with Crippen LogP contribution < -0.4 is 5.32 Å².